The van der Waals surface area contributed by atoms with E-state index in [-0.39, 0.29) is 6.61 Å². The van der Waals surface area contributed by atoms with Gasteiger partial charge in [-0.3, -0.25) is 0 Å². The first-order valence-electron chi connectivity index (χ1n) is 5.31. The van der Waals surface area contributed by atoms with E-state index >= 15 is 0 Å². The van der Waals surface area contributed by atoms with Crippen LogP contribution in [0, 0.1) is 0 Å². The molecule has 18 heavy (non-hydrogen) atoms. The van der Waals surface area contributed by atoms with Gasteiger partial charge in [-0.05, 0) is 28.4 Å². The Morgan fingerprint density at radius 3 is 2.44 bits per heavy atom. The second-order valence-corrected chi connectivity index (χ2v) is 3.82. The zero-order valence-electron chi connectivity index (χ0n) is 9.41. The maximum Gasteiger partial charge on any atom is 0.488 e. The van der Waals surface area contributed by atoms with E-state index in [2.05, 4.69) is 0 Å². The van der Waals surface area contributed by atoms with Gasteiger partial charge in [-0.15, -0.1) is 0 Å². The van der Waals surface area contributed by atoms with Crippen LogP contribution in [0.5, 0.6) is 5.75 Å². The molecule has 3 N–H and O–H groups in total. The minimum atomic E-state index is -1.50. The lowest BCUT2D eigenvalue weighted by Gasteiger charge is -2.06. The van der Waals surface area contributed by atoms with Crippen LogP contribution in [0.25, 0.3) is 10.8 Å². The van der Waals surface area contributed by atoms with Crippen LogP contribution in [-0.2, 0) is 4.79 Å². The molecule has 0 radical (unpaired) electrons. The number of hydrogen-bond acceptors (Lipinski definition) is 4. The number of aliphatic carboxylic acids is 1. The summed E-state index contributed by atoms with van der Waals surface area (Å²) in [5.74, 6) is -0.573. The summed E-state index contributed by atoms with van der Waals surface area (Å²) in [5.41, 5.74) is 0.404. The van der Waals surface area contributed by atoms with E-state index in [9.17, 15) is 4.79 Å². The van der Waals surface area contributed by atoms with E-state index < -0.39 is 13.1 Å². The largest absolute Gasteiger partial charge is 0.488 e. The lowest BCUT2D eigenvalue weighted by molar-refractivity contribution is -0.139. The number of fused-ring (bicyclic) bond motifs is 1. The van der Waals surface area contributed by atoms with Gasteiger partial charge < -0.3 is 19.9 Å². The van der Waals surface area contributed by atoms with Gasteiger partial charge in [0, 0.05) is 0 Å². The fraction of sp³-hybridized carbons (Fsp3) is 0.0833. The van der Waals surface area contributed by atoms with E-state index in [4.69, 9.17) is 19.9 Å². The molecule has 92 valence electrons. The van der Waals surface area contributed by atoms with E-state index in [1.807, 2.05) is 0 Å². The highest BCUT2D eigenvalue weighted by molar-refractivity contribution is 6.58. The Hall–Kier alpha value is -2.05. The van der Waals surface area contributed by atoms with Crippen LogP contribution >= 0.6 is 0 Å². The number of rotatable bonds is 4. The number of ether oxygens (including phenoxy) is 1. The lowest BCUT2D eigenvalue weighted by atomic mass is 9.79. The van der Waals surface area contributed by atoms with E-state index in [0.717, 1.165) is 10.8 Å². The normalized spacial score (nSPS) is 10.3. The highest BCUT2D eigenvalue weighted by Crippen LogP contribution is 2.20. The first kappa shape index (κ1) is 12.4. The standard InChI is InChI=1S/C12H11BO5/c14-12(15)7-18-11-4-2-8-5-10(13(16)17)3-1-9(8)6-11/h1-6,16-17H,7H2,(H,14,15). The van der Waals surface area contributed by atoms with Crippen molar-refractivity contribution in [3.05, 3.63) is 36.4 Å². The third-order valence-electron chi connectivity index (χ3n) is 2.50. The number of benzene rings is 2. The summed E-state index contributed by atoms with van der Waals surface area (Å²) in [6.07, 6.45) is 0. The molecular formula is C12H11BO5. The van der Waals surface area contributed by atoms with Crippen LogP contribution in [0.4, 0.5) is 0 Å². The van der Waals surface area contributed by atoms with Crippen molar-refractivity contribution >= 4 is 29.3 Å². The Balaban J connectivity index is 2.29. The van der Waals surface area contributed by atoms with Crippen LogP contribution < -0.4 is 10.2 Å². The van der Waals surface area contributed by atoms with Gasteiger partial charge in [0.1, 0.15) is 5.75 Å². The Morgan fingerprint density at radius 2 is 1.78 bits per heavy atom. The molecule has 0 saturated heterocycles. The van der Waals surface area contributed by atoms with Crippen LogP contribution in [0.2, 0.25) is 0 Å². The van der Waals surface area contributed by atoms with Gasteiger partial charge in [0.25, 0.3) is 0 Å². The molecule has 0 atom stereocenters. The van der Waals surface area contributed by atoms with Crippen molar-refractivity contribution in [2.75, 3.05) is 6.61 Å². The molecule has 0 aliphatic carbocycles. The average molecular weight is 246 g/mol. The predicted molar refractivity (Wildman–Crippen MR) is 66.9 cm³/mol. The van der Waals surface area contributed by atoms with Gasteiger partial charge in [-0.2, -0.15) is 0 Å². The van der Waals surface area contributed by atoms with Gasteiger partial charge in [-0.25, -0.2) is 4.79 Å². The van der Waals surface area contributed by atoms with Crippen molar-refractivity contribution < 1.29 is 24.7 Å². The second-order valence-electron chi connectivity index (χ2n) is 3.82. The summed E-state index contributed by atoms with van der Waals surface area (Å²) in [5, 5.41) is 28.3. The van der Waals surface area contributed by atoms with Crippen molar-refractivity contribution in [1.82, 2.24) is 0 Å². The number of carboxylic acid groups (broad SMARTS) is 1. The van der Waals surface area contributed by atoms with Gasteiger partial charge in [0.05, 0.1) is 0 Å². The maximum absolute atomic E-state index is 10.4. The molecule has 0 aliphatic rings. The Kier molecular flexibility index (Phi) is 3.50. The third kappa shape index (κ3) is 2.79. The van der Waals surface area contributed by atoms with Gasteiger partial charge in [-0.1, -0.05) is 24.3 Å². The molecule has 0 saturated carbocycles. The van der Waals surface area contributed by atoms with Crippen molar-refractivity contribution in [1.29, 1.82) is 0 Å². The monoisotopic (exact) mass is 246 g/mol. The van der Waals surface area contributed by atoms with E-state index in [1.54, 1.807) is 36.4 Å². The molecule has 0 bridgehead atoms. The van der Waals surface area contributed by atoms with Crippen LogP contribution in [0.1, 0.15) is 0 Å². The molecule has 0 fully saturated rings. The molecule has 5 nitrogen and oxygen atoms in total. The zero-order valence-corrected chi connectivity index (χ0v) is 9.41. The smallest absolute Gasteiger partial charge is 0.482 e. The molecule has 2 aromatic rings. The first-order chi connectivity index (χ1) is 8.56. The molecule has 2 rings (SSSR count). The lowest BCUT2D eigenvalue weighted by Crippen LogP contribution is -2.29. The van der Waals surface area contributed by atoms with Crippen molar-refractivity contribution in [3.8, 4) is 5.75 Å². The zero-order chi connectivity index (χ0) is 13.1. The van der Waals surface area contributed by atoms with Gasteiger partial charge in [0.2, 0.25) is 0 Å². The Labute approximate surface area is 103 Å². The fourth-order valence-corrected chi connectivity index (χ4v) is 1.64. The van der Waals surface area contributed by atoms with Crippen LogP contribution in [0.15, 0.2) is 36.4 Å². The topological polar surface area (TPSA) is 87.0 Å². The molecule has 0 spiro atoms. The molecule has 2 aromatic carbocycles. The Morgan fingerprint density at radius 1 is 1.11 bits per heavy atom. The molecule has 0 aromatic heterocycles. The average Bonchev–Trinajstić information content (AvgIpc) is 2.35. The number of carbonyl (C=O) groups is 1. The summed E-state index contributed by atoms with van der Waals surface area (Å²) in [4.78, 5) is 10.4. The molecule has 0 heterocycles. The summed E-state index contributed by atoms with van der Waals surface area (Å²) < 4.78 is 5.05. The van der Waals surface area contributed by atoms with Crippen LogP contribution in [0.3, 0.4) is 0 Å². The molecular weight excluding hydrogens is 235 g/mol. The summed E-state index contributed by atoms with van der Waals surface area (Å²) in [6.45, 7) is -0.390. The van der Waals surface area contributed by atoms with Crippen molar-refractivity contribution in [3.63, 3.8) is 0 Å². The highest BCUT2D eigenvalue weighted by Gasteiger charge is 2.11. The highest BCUT2D eigenvalue weighted by atomic mass is 16.5. The number of hydrogen-bond donors (Lipinski definition) is 3. The minimum Gasteiger partial charge on any atom is -0.482 e. The third-order valence-corrected chi connectivity index (χ3v) is 2.50. The van der Waals surface area contributed by atoms with Crippen LogP contribution in [-0.4, -0.2) is 34.8 Å². The molecule has 0 amide bonds. The van der Waals surface area contributed by atoms with Gasteiger partial charge >= 0.3 is 13.1 Å². The molecule has 0 aliphatic heterocycles. The summed E-state index contributed by atoms with van der Waals surface area (Å²) >= 11 is 0. The Bertz CT molecular complexity index is 582. The molecule has 6 heteroatoms. The van der Waals surface area contributed by atoms with E-state index in [0.29, 0.717) is 11.2 Å². The minimum absolute atomic E-state index is 0.390. The van der Waals surface area contributed by atoms with Crippen molar-refractivity contribution in [2.45, 2.75) is 0 Å². The quantitative estimate of drug-likeness (QED) is 0.660. The first-order valence-corrected chi connectivity index (χ1v) is 5.31. The fourth-order valence-electron chi connectivity index (χ4n) is 1.64. The maximum atomic E-state index is 10.4. The second kappa shape index (κ2) is 5.08. The summed E-state index contributed by atoms with van der Waals surface area (Å²) in [7, 11) is -1.50. The van der Waals surface area contributed by atoms with Gasteiger partial charge in [0.15, 0.2) is 6.61 Å². The van der Waals surface area contributed by atoms with Crippen molar-refractivity contribution in [2.24, 2.45) is 0 Å². The van der Waals surface area contributed by atoms with E-state index in [1.165, 1.54) is 0 Å². The SMILES string of the molecule is O=C(O)COc1ccc2cc(B(O)O)ccc2c1. The predicted octanol–water partition coefficient (Wildman–Crippen LogP) is -0.0170. The summed E-state index contributed by atoms with van der Waals surface area (Å²) in [6, 6.07) is 10.0. The number of carboxylic acids is 1. The molecule has 0 unspecified atom stereocenters.